The second kappa shape index (κ2) is 6.20. The fourth-order valence-electron chi connectivity index (χ4n) is 1.56. The molecular weight excluding hydrogens is 314 g/mol. The van der Waals surface area contributed by atoms with Crippen molar-refractivity contribution in [2.75, 3.05) is 11.9 Å². The summed E-state index contributed by atoms with van der Waals surface area (Å²) in [6.45, 7) is 1.95. The van der Waals surface area contributed by atoms with E-state index in [9.17, 15) is 13.2 Å². The molecule has 0 spiro atoms. The molecule has 1 aromatic heterocycles. The molecule has 21 heavy (non-hydrogen) atoms. The first kappa shape index (κ1) is 15.4. The average Bonchev–Trinajstić information content (AvgIpc) is 2.86. The van der Waals surface area contributed by atoms with Crippen LogP contribution in [0.3, 0.4) is 0 Å². The van der Waals surface area contributed by atoms with Crippen molar-refractivity contribution in [3.05, 3.63) is 35.5 Å². The summed E-state index contributed by atoms with van der Waals surface area (Å²) in [5, 5.41) is 8.49. The van der Waals surface area contributed by atoms with Crippen LogP contribution in [-0.2, 0) is 14.8 Å². The van der Waals surface area contributed by atoms with Gasteiger partial charge in [0.1, 0.15) is 5.00 Å². The SMILES string of the molecule is CCOC(=O)c1ncsc1Nc1cccc(S(N)(=O)=O)c1. The van der Waals surface area contributed by atoms with Crippen LogP contribution >= 0.6 is 11.3 Å². The lowest BCUT2D eigenvalue weighted by Crippen LogP contribution is -2.12. The minimum atomic E-state index is -3.78. The van der Waals surface area contributed by atoms with E-state index in [1.54, 1.807) is 19.1 Å². The van der Waals surface area contributed by atoms with E-state index in [4.69, 9.17) is 9.88 Å². The number of esters is 1. The number of aromatic nitrogens is 1. The molecule has 2 aromatic rings. The van der Waals surface area contributed by atoms with Crippen molar-refractivity contribution in [2.24, 2.45) is 5.14 Å². The summed E-state index contributed by atoms with van der Waals surface area (Å²) >= 11 is 1.21. The van der Waals surface area contributed by atoms with Gasteiger partial charge in [0.25, 0.3) is 0 Å². The minimum absolute atomic E-state index is 0.0188. The largest absolute Gasteiger partial charge is 0.461 e. The predicted octanol–water partition coefficient (Wildman–Crippen LogP) is 1.71. The molecule has 0 bridgehead atoms. The molecule has 0 aliphatic carbocycles. The molecule has 0 fully saturated rings. The highest BCUT2D eigenvalue weighted by molar-refractivity contribution is 7.89. The Hall–Kier alpha value is -1.97. The number of carbonyl (C=O) groups is 1. The molecule has 0 amide bonds. The number of hydrogen-bond acceptors (Lipinski definition) is 7. The van der Waals surface area contributed by atoms with Crippen LogP contribution in [0.2, 0.25) is 0 Å². The summed E-state index contributed by atoms with van der Waals surface area (Å²) in [5.74, 6) is -0.538. The van der Waals surface area contributed by atoms with Gasteiger partial charge in [0.15, 0.2) is 5.69 Å². The van der Waals surface area contributed by atoms with Gasteiger partial charge in [-0.05, 0) is 25.1 Å². The first-order valence-corrected chi connectivity index (χ1v) is 8.35. The Morgan fingerprint density at radius 2 is 2.24 bits per heavy atom. The number of nitrogens with two attached hydrogens (primary N) is 1. The number of thiazole rings is 1. The smallest absolute Gasteiger partial charge is 0.360 e. The Bertz CT molecular complexity index is 755. The molecule has 0 aliphatic heterocycles. The molecule has 0 radical (unpaired) electrons. The van der Waals surface area contributed by atoms with Crippen LogP contribution in [0.25, 0.3) is 0 Å². The molecule has 2 rings (SSSR count). The third-order valence-electron chi connectivity index (χ3n) is 2.46. The van der Waals surface area contributed by atoms with Crippen molar-refractivity contribution in [3.63, 3.8) is 0 Å². The summed E-state index contributed by atoms with van der Waals surface area (Å²) in [7, 11) is -3.78. The van der Waals surface area contributed by atoms with Crippen LogP contribution < -0.4 is 10.5 Å². The fraction of sp³-hybridized carbons (Fsp3) is 0.167. The van der Waals surface area contributed by atoms with Crippen LogP contribution in [0.15, 0.2) is 34.7 Å². The van der Waals surface area contributed by atoms with E-state index in [0.29, 0.717) is 10.7 Å². The van der Waals surface area contributed by atoms with E-state index < -0.39 is 16.0 Å². The molecule has 0 saturated carbocycles. The lowest BCUT2D eigenvalue weighted by Gasteiger charge is -2.07. The Balaban J connectivity index is 2.28. The van der Waals surface area contributed by atoms with E-state index in [2.05, 4.69) is 10.3 Å². The molecule has 1 heterocycles. The summed E-state index contributed by atoms with van der Waals surface area (Å²) < 4.78 is 27.5. The van der Waals surface area contributed by atoms with E-state index in [1.807, 2.05) is 0 Å². The third kappa shape index (κ3) is 3.78. The van der Waals surface area contributed by atoms with Crippen LogP contribution in [0, 0.1) is 0 Å². The van der Waals surface area contributed by atoms with Gasteiger partial charge in [0.2, 0.25) is 10.0 Å². The minimum Gasteiger partial charge on any atom is -0.461 e. The molecule has 0 aliphatic rings. The van der Waals surface area contributed by atoms with Gasteiger partial charge in [-0.3, -0.25) is 0 Å². The maximum atomic E-state index is 11.7. The number of nitrogens with one attached hydrogen (secondary N) is 1. The lowest BCUT2D eigenvalue weighted by molar-refractivity contribution is 0.0521. The molecule has 112 valence electrons. The standard InChI is InChI=1S/C12H13N3O4S2/c1-2-19-12(16)10-11(20-7-14-10)15-8-4-3-5-9(6-8)21(13,17)18/h3-7,15H,2H2,1H3,(H2,13,17,18). The van der Waals surface area contributed by atoms with Gasteiger partial charge in [-0.15, -0.1) is 11.3 Å². The molecule has 0 atom stereocenters. The number of sulfonamides is 1. The second-order valence-electron chi connectivity index (χ2n) is 3.95. The van der Waals surface area contributed by atoms with Crippen molar-refractivity contribution in [2.45, 2.75) is 11.8 Å². The van der Waals surface area contributed by atoms with E-state index in [0.717, 1.165) is 0 Å². The van der Waals surface area contributed by atoms with Crippen LogP contribution in [0.1, 0.15) is 17.4 Å². The van der Waals surface area contributed by atoms with Gasteiger partial charge < -0.3 is 10.1 Å². The Labute approximate surface area is 125 Å². The number of benzene rings is 1. The number of ether oxygens (including phenoxy) is 1. The quantitative estimate of drug-likeness (QED) is 0.809. The van der Waals surface area contributed by atoms with Crippen molar-refractivity contribution < 1.29 is 17.9 Å². The van der Waals surface area contributed by atoms with Crippen LogP contribution in [0.4, 0.5) is 10.7 Å². The topological polar surface area (TPSA) is 111 Å². The van der Waals surface area contributed by atoms with Gasteiger partial charge >= 0.3 is 5.97 Å². The maximum Gasteiger partial charge on any atom is 0.360 e. The van der Waals surface area contributed by atoms with Gasteiger partial charge in [-0.25, -0.2) is 23.3 Å². The number of carbonyl (C=O) groups excluding carboxylic acids is 1. The van der Waals surface area contributed by atoms with E-state index in [1.165, 1.54) is 29.0 Å². The number of anilines is 2. The van der Waals surface area contributed by atoms with Crippen molar-refractivity contribution >= 4 is 38.0 Å². The molecular formula is C12H13N3O4S2. The number of primary sulfonamides is 1. The molecule has 7 nitrogen and oxygen atoms in total. The zero-order valence-corrected chi connectivity index (χ0v) is 12.7. The normalized spacial score (nSPS) is 11.1. The zero-order chi connectivity index (χ0) is 15.5. The van der Waals surface area contributed by atoms with Gasteiger partial charge in [-0.1, -0.05) is 6.07 Å². The highest BCUT2D eigenvalue weighted by Crippen LogP contribution is 2.26. The first-order chi connectivity index (χ1) is 9.91. The van der Waals surface area contributed by atoms with Gasteiger partial charge in [-0.2, -0.15) is 0 Å². The second-order valence-corrected chi connectivity index (χ2v) is 6.36. The fourth-order valence-corrected chi connectivity index (χ4v) is 2.81. The van der Waals surface area contributed by atoms with E-state index in [-0.39, 0.29) is 17.2 Å². The lowest BCUT2D eigenvalue weighted by atomic mass is 10.3. The first-order valence-electron chi connectivity index (χ1n) is 5.92. The predicted molar refractivity (Wildman–Crippen MR) is 79.2 cm³/mol. The zero-order valence-electron chi connectivity index (χ0n) is 11.1. The molecule has 0 saturated heterocycles. The maximum absolute atomic E-state index is 11.7. The number of rotatable bonds is 5. The highest BCUT2D eigenvalue weighted by atomic mass is 32.2. The van der Waals surface area contributed by atoms with Gasteiger partial charge in [0, 0.05) is 5.69 Å². The van der Waals surface area contributed by atoms with Crippen molar-refractivity contribution in [3.8, 4) is 0 Å². The molecule has 3 N–H and O–H groups in total. The number of hydrogen-bond donors (Lipinski definition) is 2. The van der Waals surface area contributed by atoms with Crippen LogP contribution in [-0.4, -0.2) is 26.0 Å². The summed E-state index contributed by atoms with van der Waals surface area (Å²) in [4.78, 5) is 15.6. The average molecular weight is 327 g/mol. The van der Waals surface area contributed by atoms with Gasteiger partial charge in [0.05, 0.1) is 17.0 Å². The molecule has 0 unspecified atom stereocenters. The summed E-state index contributed by atoms with van der Waals surface area (Å²) in [6, 6.07) is 5.97. The van der Waals surface area contributed by atoms with E-state index >= 15 is 0 Å². The summed E-state index contributed by atoms with van der Waals surface area (Å²) in [6.07, 6.45) is 0. The monoisotopic (exact) mass is 327 g/mol. The summed E-state index contributed by atoms with van der Waals surface area (Å²) in [5.41, 5.74) is 2.14. The highest BCUT2D eigenvalue weighted by Gasteiger charge is 2.16. The van der Waals surface area contributed by atoms with Crippen molar-refractivity contribution in [1.29, 1.82) is 0 Å². The Morgan fingerprint density at radius 3 is 2.90 bits per heavy atom. The Morgan fingerprint density at radius 1 is 1.48 bits per heavy atom. The Kier molecular flexibility index (Phi) is 4.56. The molecule has 9 heteroatoms. The number of nitrogens with zero attached hydrogens (tertiary/aromatic N) is 1. The van der Waals surface area contributed by atoms with Crippen molar-refractivity contribution in [1.82, 2.24) is 4.98 Å². The van der Waals surface area contributed by atoms with Crippen LogP contribution in [0.5, 0.6) is 0 Å². The molecule has 1 aromatic carbocycles. The third-order valence-corrected chi connectivity index (χ3v) is 4.11.